The van der Waals surface area contributed by atoms with Crippen molar-refractivity contribution < 1.29 is 173 Å². The lowest BCUT2D eigenvalue weighted by Gasteiger charge is -2.35. The Hall–Kier alpha value is -6.50. The van der Waals surface area contributed by atoms with Crippen LogP contribution in [0.5, 0.6) is 0 Å². The van der Waals surface area contributed by atoms with E-state index in [-0.39, 0.29) is 198 Å². The lowest BCUT2D eigenvalue weighted by Crippen LogP contribution is -2.46. The van der Waals surface area contributed by atoms with Gasteiger partial charge in [0.05, 0.1) is 246 Å². The number of hydrogen-bond acceptors (Lipinski definition) is 41. The molecule has 0 aromatic heterocycles. The van der Waals surface area contributed by atoms with Crippen molar-refractivity contribution in [3.63, 3.8) is 0 Å². The third-order valence-corrected chi connectivity index (χ3v) is 15.1. The summed E-state index contributed by atoms with van der Waals surface area (Å²) in [6, 6.07) is 0. The SMILES string of the molecule is C(OCC(COCC1CO1)(COCC1CO1)COCC1CO1)C1CO1.CCCN(CCC)CC(O)COCC(COCC(O)CN(CCC)CCC)(COCC(O)CN(CC(=O)OCC)CC(=O)OCC)COCC(O)CN(CC(=O)OCC)CC(=O)OCC.CCOC(=O)CNCC(=O)OCC.O=C=O.O=C=O.O=C=O.O=C=O. The molecule has 0 aromatic rings. The van der Waals surface area contributed by atoms with E-state index in [2.05, 4.69) is 52.3 Å². The third-order valence-electron chi connectivity index (χ3n) is 15.1. The fourth-order valence-corrected chi connectivity index (χ4v) is 10.3. The highest BCUT2D eigenvalue weighted by atomic mass is 16.6. The van der Waals surface area contributed by atoms with Gasteiger partial charge in [0.25, 0.3) is 0 Å². The van der Waals surface area contributed by atoms with Crippen molar-refractivity contribution >= 4 is 60.4 Å². The van der Waals surface area contributed by atoms with Crippen LogP contribution in [0, 0.1) is 10.8 Å². The van der Waals surface area contributed by atoms with Gasteiger partial charge >= 0.3 is 60.4 Å². The van der Waals surface area contributed by atoms with E-state index in [1.807, 2.05) is 0 Å². The van der Waals surface area contributed by atoms with Gasteiger partial charge in [-0.15, -0.1) is 0 Å². The van der Waals surface area contributed by atoms with Gasteiger partial charge in [-0.2, -0.15) is 38.4 Å². The lowest BCUT2D eigenvalue weighted by atomic mass is 9.92. The van der Waals surface area contributed by atoms with Crippen LogP contribution in [0.2, 0.25) is 0 Å². The van der Waals surface area contributed by atoms with Crippen molar-refractivity contribution in [3.05, 3.63) is 0 Å². The molecule has 0 radical (unpaired) electrons. The highest BCUT2D eigenvalue weighted by Gasteiger charge is 2.38. The molecule has 41 heteroatoms. The van der Waals surface area contributed by atoms with Crippen LogP contribution < -0.4 is 5.32 Å². The van der Waals surface area contributed by atoms with E-state index in [0.29, 0.717) is 79.2 Å². The van der Waals surface area contributed by atoms with Crippen molar-refractivity contribution in [2.24, 2.45) is 10.8 Å². The molecule has 4 heterocycles. The molecule has 4 fully saturated rings. The topological polar surface area (TPSA) is 524 Å². The average molecular weight is 1670 g/mol. The van der Waals surface area contributed by atoms with Gasteiger partial charge in [-0.05, 0) is 93.4 Å². The Balaban J connectivity index is -0.00000199. The van der Waals surface area contributed by atoms with Crippen molar-refractivity contribution in [2.75, 3.05) is 263 Å². The fourth-order valence-electron chi connectivity index (χ4n) is 10.3. The van der Waals surface area contributed by atoms with Crippen molar-refractivity contribution in [1.29, 1.82) is 0 Å². The van der Waals surface area contributed by atoms with E-state index in [1.54, 1.807) is 41.5 Å². The molecule has 0 saturated carbocycles. The minimum absolute atomic E-state index is 0.0318. The maximum absolute atomic E-state index is 12.3. The minimum atomic E-state index is -1.18. The van der Waals surface area contributed by atoms with Gasteiger partial charge < -0.3 is 115 Å². The zero-order valence-corrected chi connectivity index (χ0v) is 68.9. The van der Waals surface area contributed by atoms with Gasteiger partial charge in [-0.3, -0.25) is 43.9 Å². The summed E-state index contributed by atoms with van der Waals surface area (Å²) in [6.45, 7) is 29.1. The second-order valence-electron chi connectivity index (χ2n) is 26.3. The molecule has 115 heavy (non-hydrogen) atoms. The van der Waals surface area contributed by atoms with Gasteiger partial charge in [-0.25, -0.2) is 0 Å². The van der Waals surface area contributed by atoms with Crippen LogP contribution in [0.3, 0.4) is 0 Å². The normalized spacial score (nSPS) is 17.1. The zero-order valence-electron chi connectivity index (χ0n) is 68.9. The molecule has 4 saturated heterocycles. The maximum atomic E-state index is 12.3. The van der Waals surface area contributed by atoms with Crippen LogP contribution >= 0.6 is 0 Å². The van der Waals surface area contributed by atoms with E-state index in [0.717, 1.165) is 78.3 Å². The molecule has 0 bridgehead atoms. The van der Waals surface area contributed by atoms with E-state index in [1.165, 1.54) is 9.80 Å². The van der Waals surface area contributed by atoms with E-state index in [4.69, 9.17) is 114 Å². The monoisotopic (exact) mass is 1670 g/mol. The van der Waals surface area contributed by atoms with Crippen molar-refractivity contribution in [2.45, 2.75) is 144 Å². The second-order valence-corrected chi connectivity index (χ2v) is 26.3. The first-order chi connectivity index (χ1) is 55.3. The van der Waals surface area contributed by atoms with E-state index >= 15 is 0 Å². The van der Waals surface area contributed by atoms with Gasteiger partial charge in [0.1, 0.15) is 24.4 Å². The molecular formula is C74H131N5O36. The van der Waals surface area contributed by atoms with Gasteiger partial charge in [0.2, 0.25) is 0 Å². The summed E-state index contributed by atoms with van der Waals surface area (Å²) in [5.74, 6) is -3.05. The van der Waals surface area contributed by atoms with Crippen molar-refractivity contribution in [3.8, 4) is 0 Å². The number of rotatable bonds is 66. The molecule has 5 N–H and O–H groups in total. The maximum Gasteiger partial charge on any atom is 0.373 e. The van der Waals surface area contributed by atoms with Crippen LogP contribution in [0.15, 0.2) is 0 Å². The Labute approximate surface area is 673 Å². The highest BCUT2D eigenvalue weighted by molar-refractivity contribution is 5.76. The Morgan fingerprint density at radius 2 is 0.513 bits per heavy atom. The van der Waals surface area contributed by atoms with Crippen molar-refractivity contribution in [1.82, 2.24) is 24.9 Å². The molecule has 8 unspecified atom stereocenters. The highest BCUT2D eigenvalue weighted by Crippen LogP contribution is 2.26. The van der Waals surface area contributed by atoms with Crippen LogP contribution in [0.25, 0.3) is 0 Å². The largest absolute Gasteiger partial charge is 0.465 e. The first-order valence-corrected chi connectivity index (χ1v) is 38.6. The summed E-state index contributed by atoms with van der Waals surface area (Å²) < 4.78 is 98.5. The van der Waals surface area contributed by atoms with Crippen LogP contribution in [0.1, 0.15) is 94.9 Å². The van der Waals surface area contributed by atoms with Gasteiger partial charge in [0, 0.05) is 26.2 Å². The molecule has 4 rings (SSSR count). The Morgan fingerprint density at radius 1 is 0.330 bits per heavy atom. The average Bonchev–Trinajstić information content (AvgIpc) is 1.81. The summed E-state index contributed by atoms with van der Waals surface area (Å²) >= 11 is 0. The molecule has 0 amide bonds. The quantitative estimate of drug-likeness (QED) is 0.0240. The predicted octanol–water partition coefficient (Wildman–Crippen LogP) is -2.41. The molecule has 41 nitrogen and oxygen atoms in total. The summed E-state index contributed by atoms with van der Waals surface area (Å²) in [5, 5.41) is 46.9. The number of hydrogen-bond donors (Lipinski definition) is 5. The minimum Gasteiger partial charge on any atom is -0.465 e. The molecule has 0 aliphatic carbocycles. The number of carbonyl (C=O) groups excluding carboxylic acids is 14. The van der Waals surface area contributed by atoms with Crippen LogP contribution in [-0.2, 0) is 152 Å². The Morgan fingerprint density at radius 3 is 0.696 bits per heavy atom. The number of aliphatic hydroxyl groups is 4. The molecule has 4 aliphatic heterocycles. The number of nitrogens with zero attached hydrogens (tertiary/aromatic N) is 4. The number of ether oxygens (including phenoxy) is 18. The standard InChI is InChI=1S/C45H88N4O16.C17H28O8.C8H15NO4.4CO2/c1-9-17-46(18-10-2)21-37(50)29-58-33-45(34-59-30-38(51)22-47(19-11-3)20-12-4,35-60-31-39(52)23-48(25-41(54)62-13-5)26-42(55)63-14-6)36-61-32-40(53)24-49(27-43(56)64-15-7)28-44(57)65-16-8;1(13-5-22-13)18-9-17(10-19-2-14-6-23-14,11-20-3-15-7-24-15)12-21-4-16-8-25-16;1-3-12-7(10)5-9-6-8(11)13-4-2;4*2-1-3/h37-40,50-53H,9-36H2,1-8H3;13-16H,1-12H2;9H,3-6H2,1-2H3;;;;. The summed E-state index contributed by atoms with van der Waals surface area (Å²) in [7, 11) is 0. The Bertz CT molecular complexity index is 2300. The molecule has 668 valence electrons. The molecule has 8 atom stereocenters. The molecule has 0 aromatic carbocycles. The molecular weight excluding hydrogens is 1530 g/mol. The summed E-state index contributed by atoms with van der Waals surface area (Å²) in [5.41, 5.74) is -1.49. The number of aliphatic hydroxyl groups excluding tert-OH is 4. The second kappa shape index (κ2) is 76.2. The predicted molar refractivity (Wildman–Crippen MR) is 394 cm³/mol. The number of esters is 6. The third kappa shape index (κ3) is 71.3. The number of epoxide rings is 4. The first kappa shape index (κ1) is 113. The van der Waals surface area contributed by atoms with E-state index < -0.39 is 53.7 Å². The lowest BCUT2D eigenvalue weighted by molar-refractivity contribution is -0.193. The smallest absolute Gasteiger partial charge is 0.373 e. The summed E-state index contributed by atoms with van der Waals surface area (Å²) in [6.07, 6.45) is 1.64. The Kier molecular flexibility index (Phi) is 74.6. The first-order valence-electron chi connectivity index (χ1n) is 38.6. The van der Waals surface area contributed by atoms with E-state index in [9.17, 15) is 49.2 Å². The zero-order chi connectivity index (χ0) is 86.8. The summed E-state index contributed by atoms with van der Waals surface area (Å²) in [4.78, 5) is 143. The number of carbonyl (C=O) groups is 6. The molecule has 4 aliphatic rings. The van der Waals surface area contributed by atoms with Crippen LogP contribution in [-0.4, -0.2) is 413 Å². The van der Waals surface area contributed by atoms with Crippen LogP contribution in [0.4, 0.5) is 0 Å². The fraction of sp³-hybridized carbons (Fsp3) is 0.865. The number of nitrogens with one attached hydrogen (secondary N) is 1. The molecule has 0 spiro atoms. The van der Waals surface area contributed by atoms with Gasteiger partial charge in [-0.1, -0.05) is 27.7 Å². The van der Waals surface area contributed by atoms with Gasteiger partial charge in [0.15, 0.2) is 0 Å².